The molecule has 0 radical (unpaired) electrons. The summed E-state index contributed by atoms with van der Waals surface area (Å²) in [6.45, 7) is 10.1. The zero-order chi connectivity index (χ0) is 22.3. The van der Waals surface area contributed by atoms with E-state index in [1.807, 2.05) is 54.2 Å². The molecule has 1 N–H and O–H groups in total. The number of fused-ring (bicyclic) bond motifs is 1. The molecule has 0 atom stereocenters. The fraction of sp³-hybridized carbons (Fsp3) is 0.524. The van der Waals surface area contributed by atoms with Gasteiger partial charge < -0.3 is 14.8 Å². The Bertz CT molecular complexity index is 1110. The first-order valence-electron chi connectivity index (χ1n) is 10.5. The molecule has 3 aromatic rings. The van der Waals surface area contributed by atoms with Gasteiger partial charge in [0.1, 0.15) is 5.65 Å². The van der Waals surface area contributed by atoms with Crippen LogP contribution in [0, 0.1) is 5.41 Å². The molecule has 4 rings (SSSR count). The molecule has 10 heteroatoms. The maximum atomic E-state index is 12.5. The first-order valence-corrected chi connectivity index (χ1v) is 11.3. The van der Waals surface area contributed by atoms with Crippen LogP contribution in [0.3, 0.4) is 0 Å². The van der Waals surface area contributed by atoms with Gasteiger partial charge in [-0.05, 0) is 19.8 Å². The number of amides is 1. The molecule has 1 fully saturated rings. The van der Waals surface area contributed by atoms with Crippen LogP contribution >= 0.6 is 23.2 Å². The normalized spacial score (nSPS) is 15.6. The number of nitrogens with one attached hydrogen (secondary N) is 1. The van der Waals surface area contributed by atoms with Crippen LogP contribution in [0.1, 0.15) is 46.6 Å². The highest BCUT2D eigenvalue weighted by Crippen LogP contribution is 2.31. The first kappa shape index (κ1) is 21.9. The molecule has 31 heavy (non-hydrogen) atoms. The van der Waals surface area contributed by atoms with Crippen LogP contribution in [0.25, 0.3) is 11.0 Å². The minimum Gasteiger partial charge on any atom is -0.342 e. The van der Waals surface area contributed by atoms with E-state index in [9.17, 15) is 4.79 Å². The number of carbonyl (C=O) groups excluding carboxylic acids is 1. The van der Waals surface area contributed by atoms with E-state index >= 15 is 0 Å². The van der Waals surface area contributed by atoms with Crippen molar-refractivity contribution in [2.45, 2.75) is 53.1 Å². The Morgan fingerprint density at radius 3 is 2.58 bits per heavy atom. The van der Waals surface area contributed by atoms with Crippen molar-refractivity contribution in [1.82, 2.24) is 29.2 Å². The zero-order valence-electron chi connectivity index (χ0n) is 18.2. The van der Waals surface area contributed by atoms with Crippen LogP contribution in [-0.4, -0.2) is 48.2 Å². The molecular weight excluding hydrogens is 437 g/mol. The van der Waals surface area contributed by atoms with Gasteiger partial charge in [-0.1, -0.05) is 44.0 Å². The van der Waals surface area contributed by atoms with Gasteiger partial charge in [0, 0.05) is 37.4 Å². The molecular formula is C21H27Cl2N7O. The Kier molecular flexibility index (Phi) is 5.87. The monoisotopic (exact) mass is 463 g/mol. The molecule has 0 bridgehead atoms. The highest BCUT2D eigenvalue weighted by molar-refractivity contribution is 6.35. The standard InChI is InChI=1S/C21H27Cl2N7O/c1-5-28-11-15(22)14-10-24-20(26-18(14)28)25-16-12-30(27-17(16)23)13-6-8-29(9-7-13)19(31)21(2,3)4/h10-13H,5-9H2,1-4H3,(H,24,25,26). The smallest absolute Gasteiger partial charge is 0.229 e. The molecule has 0 unspecified atom stereocenters. The maximum absolute atomic E-state index is 12.5. The van der Waals surface area contributed by atoms with Crippen molar-refractivity contribution < 1.29 is 4.79 Å². The average Bonchev–Trinajstić information content (AvgIpc) is 3.26. The third-order valence-electron chi connectivity index (χ3n) is 5.61. The third kappa shape index (κ3) is 4.36. The van der Waals surface area contributed by atoms with Gasteiger partial charge in [0.05, 0.1) is 28.3 Å². The Balaban J connectivity index is 1.48. The number of hydrogen-bond acceptors (Lipinski definition) is 5. The van der Waals surface area contributed by atoms with E-state index in [2.05, 4.69) is 20.4 Å². The van der Waals surface area contributed by atoms with Gasteiger partial charge in [0.15, 0.2) is 5.15 Å². The van der Waals surface area contributed by atoms with Crippen LogP contribution in [0.5, 0.6) is 0 Å². The summed E-state index contributed by atoms with van der Waals surface area (Å²) in [7, 11) is 0. The minimum absolute atomic E-state index is 0.191. The van der Waals surface area contributed by atoms with E-state index in [4.69, 9.17) is 23.2 Å². The summed E-state index contributed by atoms with van der Waals surface area (Å²) in [4.78, 5) is 23.4. The second-order valence-electron chi connectivity index (χ2n) is 8.91. The van der Waals surface area contributed by atoms with E-state index in [-0.39, 0.29) is 17.4 Å². The highest BCUT2D eigenvalue weighted by Gasteiger charge is 2.31. The Morgan fingerprint density at radius 1 is 1.23 bits per heavy atom. The fourth-order valence-corrected chi connectivity index (χ4v) is 4.33. The summed E-state index contributed by atoms with van der Waals surface area (Å²) in [6.07, 6.45) is 7.12. The molecule has 4 heterocycles. The average molecular weight is 464 g/mol. The van der Waals surface area contributed by atoms with Crippen LogP contribution < -0.4 is 5.32 Å². The topological polar surface area (TPSA) is 80.9 Å². The summed E-state index contributed by atoms with van der Waals surface area (Å²) in [6, 6.07) is 0.191. The lowest BCUT2D eigenvalue weighted by molar-refractivity contribution is -0.140. The lowest BCUT2D eigenvalue weighted by atomic mass is 9.93. The van der Waals surface area contributed by atoms with Gasteiger partial charge in [-0.2, -0.15) is 10.1 Å². The van der Waals surface area contributed by atoms with E-state index in [0.29, 0.717) is 21.8 Å². The molecule has 1 aliphatic rings. The Labute approximate surface area is 191 Å². The van der Waals surface area contributed by atoms with Crippen molar-refractivity contribution in [3.63, 3.8) is 0 Å². The molecule has 0 spiro atoms. The third-order valence-corrected chi connectivity index (χ3v) is 6.19. The summed E-state index contributed by atoms with van der Waals surface area (Å²) >= 11 is 12.7. The van der Waals surface area contributed by atoms with Crippen molar-refractivity contribution in [3.05, 3.63) is 28.8 Å². The molecule has 0 aromatic carbocycles. The van der Waals surface area contributed by atoms with Crippen LogP contribution in [0.15, 0.2) is 18.6 Å². The minimum atomic E-state index is -0.359. The maximum Gasteiger partial charge on any atom is 0.229 e. The number of piperidine rings is 1. The van der Waals surface area contributed by atoms with Gasteiger partial charge in [-0.25, -0.2) is 4.98 Å². The summed E-state index contributed by atoms with van der Waals surface area (Å²) in [5, 5.41) is 9.46. The number of rotatable bonds is 4. The van der Waals surface area contributed by atoms with Gasteiger partial charge in [-0.3, -0.25) is 9.48 Å². The zero-order valence-corrected chi connectivity index (χ0v) is 19.7. The largest absolute Gasteiger partial charge is 0.342 e. The summed E-state index contributed by atoms with van der Waals surface area (Å²) < 4.78 is 3.86. The predicted molar refractivity (Wildman–Crippen MR) is 123 cm³/mol. The second-order valence-corrected chi connectivity index (χ2v) is 9.67. The number of hydrogen-bond donors (Lipinski definition) is 1. The van der Waals surface area contributed by atoms with E-state index in [1.54, 1.807) is 6.20 Å². The molecule has 0 saturated carbocycles. The van der Waals surface area contributed by atoms with Crippen molar-refractivity contribution in [3.8, 4) is 0 Å². The highest BCUT2D eigenvalue weighted by atomic mass is 35.5. The van der Waals surface area contributed by atoms with Crippen LogP contribution in [0.2, 0.25) is 10.2 Å². The van der Waals surface area contributed by atoms with E-state index < -0.39 is 0 Å². The lowest BCUT2D eigenvalue weighted by Gasteiger charge is -2.35. The van der Waals surface area contributed by atoms with Crippen LogP contribution in [0.4, 0.5) is 11.6 Å². The predicted octanol–water partition coefficient (Wildman–Crippen LogP) is 4.91. The Hall–Kier alpha value is -2.32. The number of halogens is 2. The van der Waals surface area contributed by atoms with Crippen molar-refractivity contribution in [2.24, 2.45) is 5.41 Å². The molecule has 166 valence electrons. The van der Waals surface area contributed by atoms with Gasteiger partial charge in [0.25, 0.3) is 0 Å². The van der Waals surface area contributed by atoms with E-state index in [0.717, 1.165) is 43.5 Å². The number of carbonyl (C=O) groups is 1. The summed E-state index contributed by atoms with van der Waals surface area (Å²) in [5.74, 6) is 0.625. The quantitative estimate of drug-likeness (QED) is 0.594. The molecule has 8 nitrogen and oxygen atoms in total. The lowest BCUT2D eigenvalue weighted by Crippen LogP contribution is -2.44. The van der Waals surface area contributed by atoms with Crippen molar-refractivity contribution in [1.29, 1.82) is 0 Å². The van der Waals surface area contributed by atoms with E-state index in [1.165, 1.54) is 0 Å². The fourth-order valence-electron chi connectivity index (χ4n) is 3.90. The number of aromatic nitrogens is 5. The van der Waals surface area contributed by atoms with Crippen LogP contribution in [-0.2, 0) is 11.3 Å². The number of anilines is 2. The molecule has 0 aliphatic carbocycles. The first-order chi connectivity index (χ1) is 14.7. The molecule has 3 aromatic heterocycles. The second kappa shape index (κ2) is 8.31. The molecule has 1 aliphatic heterocycles. The number of likely N-dealkylation sites (tertiary alicyclic amines) is 1. The SMILES string of the molecule is CCn1cc(Cl)c2cnc(Nc3cn(C4CCN(C(=O)C(C)(C)C)CC4)nc3Cl)nc21. The van der Waals surface area contributed by atoms with Gasteiger partial charge >= 0.3 is 0 Å². The number of aryl methyl sites for hydroxylation is 1. The number of nitrogens with zero attached hydrogens (tertiary/aromatic N) is 6. The van der Waals surface area contributed by atoms with Crippen molar-refractivity contribution >= 4 is 51.8 Å². The Morgan fingerprint density at radius 2 is 1.94 bits per heavy atom. The molecule has 1 saturated heterocycles. The van der Waals surface area contributed by atoms with Crippen molar-refractivity contribution in [2.75, 3.05) is 18.4 Å². The molecule has 1 amide bonds. The van der Waals surface area contributed by atoms with Gasteiger partial charge in [0.2, 0.25) is 11.9 Å². The van der Waals surface area contributed by atoms with Gasteiger partial charge in [-0.15, -0.1) is 0 Å². The summed E-state index contributed by atoms with van der Waals surface area (Å²) in [5.41, 5.74) is 1.06.